The van der Waals surface area contributed by atoms with E-state index in [9.17, 15) is 36.0 Å². The van der Waals surface area contributed by atoms with E-state index in [1.807, 2.05) is 27.7 Å². The fourth-order valence-electron chi connectivity index (χ4n) is 2.51. The first kappa shape index (κ1) is 46.7. The second-order valence-electron chi connectivity index (χ2n) is 5.64. The Bertz CT molecular complexity index is 1240. The average Bonchev–Trinajstić information content (AvgIpc) is 3.06. The zero-order valence-corrected chi connectivity index (χ0v) is 29.8. The molecular weight excluding hydrogens is 686 g/mol. The first-order valence-corrected chi connectivity index (χ1v) is 13.1. The van der Waals surface area contributed by atoms with Gasteiger partial charge in [0.2, 0.25) is 20.0 Å². The molecule has 3 amide bonds. The quantitative estimate of drug-likeness (QED) is 0.271. The number of carbonyl (C=O) groups is 2. The van der Waals surface area contributed by atoms with Crippen LogP contribution in [-0.2, 0) is 95.1 Å². The molecule has 3 rings (SSSR count). The molecule has 0 aromatic heterocycles. The number of hydrogen-bond donors (Lipinski definition) is 1. The summed E-state index contributed by atoms with van der Waals surface area (Å²) in [6, 6.07) is 11.4. The molecule has 14 heteroatoms. The van der Waals surface area contributed by atoms with Crippen LogP contribution in [-0.4, -0.2) is 45.7 Å². The van der Waals surface area contributed by atoms with E-state index in [0.717, 1.165) is 12.8 Å². The molecule has 0 saturated heterocycles. The van der Waals surface area contributed by atoms with Gasteiger partial charge in [-0.3, -0.25) is 4.79 Å². The van der Waals surface area contributed by atoms with Crippen LogP contribution >= 0.6 is 0 Å². The summed E-state index contributed by atoms with van der Waals surface area (Å²) >= 11 is 0. The van der Waals surface area contributed by atoms with E-state index in [1.165, 1.54) is 42.5 Å². The SMILES string of the molecule is CC.CC.CCC(=O)c1ccccc1S(=O)(=O)N[C-]=O.O=[C-]N1C(=O)c2ccccc2S1(=O)=O.[CH3-].[CH3-].[Y].[Y]. The molecule has 0 bridgehead atoms. The van der Waals surface area contributed by atoms with Crippen LogP contribution in [0.1, 0.15) is 61.8 Å². The molecule has 0 unspecified atom stereocenters. The molecule has 0 aliphatic carbocycles. The Labute approximate surface area is 277 Å². The summed E-state index contributed by atoms with van der Waals surface area (Å²) in [4.78, 5) is 42.8. The second-order valence-corrected chi connectivity index (χ2v) is 9.05. The van der Waals surface area contributed by atoms with Gasteiger partial charge in [0.15, 0.2) is 5.78 Å². The van der Waals surface area contributed by atoms with Crippen molar-refractivity contribution in [3.05, 3.63) is 74.5 Å². The van der Waals surface area contributed by atoms with Gasteiger partial charge in [-0.2, -0.15) is 6.41 Å². The number of nitrogens with zero attached hydrogens (tertiary/aromatic N) is 1. The van der Waals surface area contributed by atoms with Gasteiger partial charge in [-0.15, -0.1) is 0 Å². The van der Waals surface area contributed by atoms with Crippen LogP contribution < -0.4 is 4.72 Å². The normalized spacial score (nSPS) is 11.5. The maximum absolute atomic E-state index is 11.5. The van der Waals surface area contributed by atoms with Gasteiger partial charge in [-0.1, -0.05) is 71.0 Å². The molecule has 2 aromatic carbocycles. The summed E-state index contributed by atoms with van der Waals surface area (Å²) in [5.74, 6) is -1.15. The molecular formula is C24H32N2O8S2Y2-4. The molecule has 38 heavy (non-hydrogen) atoms. The summed E-state index contributed by atoms with van der Waals surface area (Å²) in [5.41, 5.74) is 0.0867. The van der Waals surface area contributed by atoms with Crippen molar-refractivity contribution in [1.29, 1.82) is 0 Å². The molecule has 2 radical (unpaired) electrons. The van der Waals surface area contributed by atoms with Crippen molar-refractivity contribution in [3.63, 3.8) is 0 Å². The molecule has 1 heterocycles. The Hall–Kier alpha value is -1.17. The average molecular weight is 718 g/mol. The number of carbonyl (C=O) groups excluding carboxylic acids is 4. The zero-order valence-electron chi connectivity index (χ0n) is 22.5. The van der Waals surface area contributed by atoms with Crippen LogP contribution in [0.5, 0.6) is 0 Å². The van der Waals surface area contributed by atoms with Crippen LogP contribution in [0.2, 0.25) is 0 Å². The van der Waals surface area contributed by atoms with Crippen molar-refractivity contribution in [2.75, 3.05) is 0 Å². The number of sulfonamides is 2. The predicted molar refractivity (Wildman–Crippen MR) is 138 cm³/mol. The van der Waals surface area contributed by atoms with E-state index in [1.54, 1.807) is 17.7 Å². The van der Waals surface area contributed by atoms with Gasteiger partial charge in [0, 0.05) is 77.4 Å². The number of hydrogen-bond acceptors (Lipinski definition) is 8. The van der Waals surface area contributed by atoms with E-state index in [-0.39, 0.29) is 118 Å². The van der Waals surface area contributed by atoms with Gasteiger partial charge in [-0.25, -0.2) is 16.8 Å². The van der Waals surface area contributed by atoms with Crippen molar-refractivity contribution in [2.45, 2.75) is 50.8 Å². The van der Waals surface area contributed by atoms with Gasteiger partial charge < -0.3 is 38.3 Å². The van der Waals surface area contributed by atoms with Crippen molar-refractivity contribution < 1.29 is 101 Å². The Kier molecular flexibility index (Phi) is 27.8. The maximum atomic E-state index is 11.5. The Morgan fingerprint density at radius 2 is 1.39 bits per heavy atom. The van der Waals surface area contributed by atoms with E-state index < -0.39 is 26.0 Å². The number of Topliss-reactive ketones (excluding diaryl/α,β-unsaturated/α-hetero) is 1. The van der Waals surface area contributed by atoms with Crippen molar-refractivity contribution >= 4 is 44.6 Å². The number of nitrogens with one attached hydrogen (secondary N) is 1. The van der Waals surface area contributed by atoms with Crippen LogP contribution in [0.25, 0.3) is 0 Å². The van der Waals surface area contributed by atoms with E-state index in [4.69, 9.17) is 0 Å². The van der Waals surface area contributed by atoms with Crippen molar-refractivity contribution in [1.82, 2.24) is 9.03 Å². The monoisotopic (exact) mass is 718 g/mol. The fourth-order valence-corrected chi connectivity index (χ4v) is 4.75. The molecule has 0 spiro atoms. The third kappa shape index (κ3) is 11.5. The first-order valence-electron chi connectivity index (χ1n) is 10.2. The number of fused-ring (bicyclic) bond motifs is 1. The molecule has 0 atom stereocenters. The summed E-state index contributed by atoms with van der Waals surface area (Å²) < 4.78 is 47.7. The van der Waals surface area contributed by atoms with Crippen molar-refractivity contribution in [3.8, 4) is 0 Å². The summed E-state index contributed by atoms with van der Waals surface area (Å²) in [5, 5.41) is 0. The Morgan fingerprint density at radius 3 is 1.84 bits per heavy atom. The molecule has 1 N–H and O–H groups in total. The Morgan fingerprint density at radius 1 is 0.921 bits per heavy atom. The van der Waals surface area contributed by atoms with Crippen molar-refractivity contribution in [2.24, 2.45) is 0 Å². The van der Waals surface area contributed by atoms with Crippen LogP contribution in [0, 0.1) is 14.9 Å². The number of ketones is 1. The number of benzene rings is 2. The van der Waals surface area contributed by atoms with Crippen LogP contribution in [0.4, 0.5) is 0 Å². The van der Waals surface area contributed by atoms with Crippen LogP contribution in [0.3, 0.4) is 0 Å². The second kappa shape index (κ2) is 22.6. The molecule has 1 aliphatic heterocycles. The molecule has 10 nitrogen and oxygen atoms in total. The van der Waals surface area contributed by atoms with E-state index >= 15 is 0 Å². The standard InChI is InChI=1S/C10H10NO4S.C8H4NO4S.2C2H6.2CH3.2Y/c1-2-9(13)8-5-3-4-6-10(8)16(14,15)11-7-12;10-5-9-8(11)6-3-1-2-4-7(6)14(9,12)13;2*1-2;;;;/h3-6H,2H2,1H3,(H,11,12);1-4H;2*1-2H3;2*1H3;;/q2*-1;;;2*-1;;. The summed E-state index contributed by atoms with van der Waals surface area (Å²) in [7, 11) is -7.98. The van der Waals surface area contributed by atoms with Gasteiger partial charge in [0.05, 0.1) is 16.2 Å². The van der Waals surface area contributed by atoms with Gasteiger partial charge >= 0.3 is 0 Å². The third-order valence-electron chi connectivity index (χ3n) is 3.88. The van der Waals surface area contributed by atoms with Gasteiger partial charge in [-0.05, 0) is 17.7 Å². The first-order chi connectivity index (χ1) is 16.1. The topological polar surface area (TPSA) is 152 Å². The predicted octanol–water partition coefficient (Wildman–Crippen LogP) is 3.47. The number of imide groups is 1. The Balaban J connectivity index is -0.000000155. The maximum Gasteiger partial charge on any atom is 0.241 e. The molecule has 0 fully saturated rings. The third-order valence-corrected chi connectivity index (χ3v) is 6.80. The molecule has 2 aromatic rings. The van der Waals surface area contributed by atoms with E-state index in [0.29, 0.717) is 0 Å². The minimum atomic E-state index is -3.99. The minimum absolute atomic E-state index is 0. The largest absolute Gasteiger partial charge is 0.519 e. The zero-order chi connectivity index (χ0) is 26.5. The number of rotatable bonds is 6. The number of amides is 3. The summed E-state index contributed by atoms with van der Waals surface area (Å²) in [6.07, 6.45) is 2.38. The summed E-state index contributed by atoms with van der Waals surface area (Å²) in [6.45, 7) is 9.63. The van der Waals surface area contributed by atoms with E-state index in [2.05, 4.69) is 0 Å². The fraction of sp³-hybridized carbons (Fsp3) is 0.250. The molecule has 1 aliphatic rings. The van der Waals surface area contributed by atoms with Gasteiger partial charge in [0.25, 0.3) is 0 Å². The molecule has 208 valence electrons. The smallest absolute Gasteiger partial charge is 0.241 e. The van der Waals surface area contributed by atoms with Crippen LogP contribution in [0.15, 0.2) is 58.3 Å². The minimum Gasteiger partial charge on any atom is -0.519 e. The van der Waals surface area contributed by atoms with Gasteiger partial charge in [0.1, 0.15) is 5.91 Å². The molecule has 0 saturated carbocycles.